The minimum atomic E-state index is -0.584. The van der Waals surface area contributed by atoms with Crippen molar-refractivity contribution < 1.29 is 14.0 Å². The van der Waals surface area contributed by atoms with Crippen LogP contribution in [0.25, 0.3) is 11.0 Å². The third kappa shape index (κ3) is 2.72. The summed E-state index contributed by atoms with van der Waals surface area (Å²) in [6.45, 7) is 2.49. The number of aryl methyl sites for hydroxylation is 1. The molecular weight excluding hydrogens is 284 g/mol. The van der Waals surface area contributed by atoms with Crippen LogP contribution in [0.15, 0.2) is 33.5 Å². The Balaban J connectivity index is 1.90. The summed E-state index contributed by atoms with van der Waals surface area (Å²) in [5.41, 5.74) is 1.02. The first-order valence-corrected chi connectivity index (χ1v) is 7.18. The number of amides is 2. The van der Waals surface area contributed by atoms with Gasteiger partial charge in [0, 0.05) is 12.6 Å². The molecule has 6 nitrogen and oxygen atoms in total. The van der Waals surface area contributed by atoms with Crippen molar-refractivity contribution in [3.05, 3.63) is 45.8 Å². The molecule has 22 heavy (non-hydrogen) atoms. The highest BCUT2D eigenvalue weighted by molar-refractivity contribution is 5.96. The van der Waals surface area contributed by atoms with Gasteiger partial charge in [0.15, 0.2) is 11.2 Å². The Labute approximate surface area is 126 Å². The summed E-state index contributed by atoms with van der Waals surface area (Å²) in [5, 5.41) is 5.73. The Kier molecular flexibility index (Phi) is 3.66. The van der Waals surface area contributed by atoms with Crippen LogP contribution in [0.2, 0.25) is 0 Å². The molecule has 2 aromatic rings. The highest BCUT2D eigenvalue weighted by atomic mass is 16.3. The Morgan fingerprint density at radius 3 is 2.91 bits per heavy atom. The van der Waals surface area contributed by atoms with Crippen LogP contribution in [-0.4, -0.2) is 24.4 Å². The molecule has 1 atom stereocenters. The fraction of sp³-hybridized carbons (Fsp3) is 0.312. The lowest BCUT2D eigenvalue weighted by Crippen LogP contribution is -2.50. The Bertz CT molecular complexity index is 809. The predicted molar refractivity (Wildman–Crippen MR) is 80.7 cm³/mol. The van der Waals surface area contributed by atoms with Crippen LogP contribution in [0.5, 0.6) is 0 Å². The van der Waals surface area contributed by atoms with E-state index in [-0.39, 0.29) is 17.1 Å². The number of carbonyl (C=O) groups is 2. The van der Waals surface area contributed by atoms with Crippen LogP contribution in [0.4, 0.5) is 0 Å². The first kappa shape index (κ1) is 14.3. The highest BCUT2D eigenvalue weighted by Crippen LogP contribution is 2.14. The predicted octanol–water partition coefficient (Wildman–Crippen LogP) is 1.11. The maximum Gasteiger partial charge on any atom is 0.287 e. The molecule has 1 aliphatic rings. The van der Waals surface area contributed by atoms with Gasteiger partial charge in [-0.2, -0.15) is 0 Å². The third-order valence-corrected chi connectivity index (χ3v) is 3.70. The molecule has 0 aliphatic carbocycles. The van der Waals surface area contributed by atoms with Gasteiger partial charge in [-0.05, 0) is 37.5 Å². The van der Waals surface area contributed by atoms with Crippen LogP contribution >= 0.6 is 0 Å². The number of benzene rings is 1. The monoisotopic (exact) mass is 300 g/mol. The van der Waals surface area contributed by atoms with Gasteiger partial charge in [0.2, 0.25) is 5.91 Å². The van der Waals surface area contributed by atoms with E-state index in [1.54, 1.807) is 12.1 Å². The molecule has 1 aliphatic heterocycles. The molecule has 114 valence electrons. The summed E-state index contributed by atoms with van der Waals surface area (Å²) in [6, 6.07) is 5.77. The second-order valence-corrected chi connectivity index (χ2v) is 5.43. The van der Waals surface area contributed by atoms with Crippen LogP contribution in [0.3, 0.4) is 0 Å². The number of fused-ring (bicyclic) bond motifs is 1. The van der Waals surface area contributed by atoms with E-state index in [4.69, 9.17) is 4.42 Å². The molecule has 0 spiro atoms. The van der Waals surface area contributed by atoms with Crippen LogP contribution in [0.1, 0.15) is 29.0 Å². The molecule has 2 N–H and O–H groups in total. The molecule has 0 bridgehead atoms. The van der Waals surface area contributed by atoms with Gasteiger partial charge >= 0.3 is 0 Å². The van der Waals surface area contributed by atoms with Gasteiger partial charge in [-0.25, -0.2) is 0 Å². The van der Waals surface area contributed by atoms with E-state index >= 15 is 0 Å². The molecule has 6 heteroatoms. The second kappa shape index (κ2) is 5.63. The molecule has 3 rings (SSSR count). The zero-order valence-electron chi connectivity index (χ0n) is 12.1. The first-order chi connectivity index (χ1) is 10.5. The zero-order chi connectivity index (χ0) is 15.7. The maximum absolute atomic E-state index is 12.2. The number of rotatable bonds is 2. The summed E-state index contributed by atoms with van der Waals surface area (Å²) >= 11 is 0. The molecule has 1 saturated heterocycles. The summed E-state index contributed by atoms with van der Waals surface area (Å²) < 4.78 is 5.52. The average Bonchev–Trinajstić information content (AvgIpc) is 2.49. The molecule has 0 unspecified atom stereocenters. The Hall–Kier alpha value is -2.63. The standard InChI is InChI=1S/C16H16N2O4/c1-9-4-5-10-12(19)8-14(22-13(10)7-9)16(21)18-11-3-2-6-17-15(11)20/h4-5,7-8,11H,2-3,6H2,1H3,(H,17,20)(H,18,21)/t11-/m1/s1. The molecule has 1 aromatic heterocycles. The fourth-order valence-corrected chi connectivity index (χ4v) is 2.51. The number of piperidine rings is 1. The SMILES string of the molecule is Cc1ccc2c(=O)cc(C(=O)N[C@@H]3CCCNC3=O)oc2c1. The molecule has 2 heterocycles. The first-order valence-electron chi connectivity index (χ1n) is 7.18. The van der Waals surface area contributed by atoms with Crippen molar-refractivity contribution in [3.63, 3.8) is 0 Å². The van der Waals surface area contributed by atoms with Crippen LogP contribution < -0.4 is 16.1 Å². The van der Waals surface area contributed by atoms with E-state index in [1.807, 2.05) is 13.0 Å². The van der Waals surface area contributed by atoms with Gasteiger partial charge in [-0.15, -0.1) is 0 Å². The van der Waals surface area contributed by atoms with Crippen LogP contribution in [0, 0.1) is 6.92 Å². The number of nitrogens with one attached hydrogen (secondary N) is 2. The average molecular weight is 300 g/mol. The normalized spacial score (nSPS) is 18.0. The quantitative estimate of drug-likeness (QED) is 0.869. The molecular formula is C16H16N2O4. The number of hydrogen-bond donors (Lipinski definition) is 2. The van der Waals surface area contributed by atoms with E-state index < -0.39 is 11.9 Å². The van der Waals surface area contributed by atoms with E-state index in [9.17, 15) is 14.4 Å². The zero-order valence-corrected chi connectivity index (χ0v) is 12.1. The topological polar surface area (TPSA) is 88.4 Å². The number of hydrogen-bond acceptors (Lipinski definition) is 4. The van der Waals surface area contributed by atoms with Crippen molar-refractivity contribution >= 4 is 22.8 Å². The van der Waals surface area contributed by atoms with Crippen molar-refractivity contribution in [2.75, 3.05) is 6.54 Å². The molecule has 0 saturated carbocycles. The van der Waals surface area contributed by atoms with Crippen LogP contribution in [-0.2, 0) is 4.79 Å². The van der Waals surface area contributed by atoms with Gasteiger partial charge < -0.3 is 15.1 Å². The maximum atomic E-state index is 12.2. The number of carbonyl (C=O) groups excluding carboxylic acids is 2. The molecule has 1 aromatic carbocycles. The smallest absolute Gasteiger partial charge is 0.287 e. The summed E-state index contributed by atoms with van der Waals surface area (Å²) in [5.74, 6) is -0.845. The van der Waals surface area contributed by atoms with Crippen molar-refractivity contribution in [1.82, 2.24) is 10.6 Å². The van der Waals surface area contributed by atoms with Gasteiger partial charge in [0.05, 0.1) is 5.39 Å². The van der Waals surface area contributed by atoms with E-state index in [0.29, 0.717) is 23.9 Å². The summed E-state index contributed by atoms with van der Waals surface area (Å²) in [4.78, 5) is 35.9. The van der Waals surface area contributed by atoms with E-state index in [2.05, 4.69) is 10.6 Å². The Morgan fingerprint density at radius 2 is 2.14 bits per heavy atom. The van der Waals surface area contributed by atoms with Crippen molar-refractivity contribution in [1.29, 1.82) is 0 Å². The molecule has 1 fully saturated rings. The molecule has 0 radical (unpaired) electrons. The Morgan fingerprint density at radius 1 is 1.32 bits per heavy atom. The van der Waals surface area contributed by atoms with Crippen molar-refractivity contribution in [3.8, 4) is 0 Å². The molecule has 2 amide bonds. The van der Waals surface area contributed by atoms with E-state index in [0.717, 1.165) is 18.1 Å². The lowest BCUT2D eigenvalue weighted by molar-refractivity contribution is -0.124. The minimum Gasteiger partial charge on any atom is -0.451 e. The van der Waals surface area contributed by atoms with Gasteiger partial charge in [0.25, 0.3) is 5.91 Å². The summed E-state index contributed by atoms with van der Waals surface area (Å²) in [7, 11) is 0. The third-order valence-electron chi connectivity index (χ3n) is 3.70. The van der Waals surface area contributed by atoms with Crippen molar-refractivity contribution in [2.24, 2.45) is 0 Å². The van der Waals surface area contributed by atoms with Crippen molar-refractivity contribution in [2.45, 2.75) is 25.8 Å². The van der Waals surface area contributed by atoms with E-state index in [1.165, 1.54) is 0 Å². The largest absolute Gasteiger partial charge is 0.451 e. The summed E-state index contributed by atoms with van der Waals surface area (Å²) in [6.07, 6.45) is 1.38. The van der Waals surface area contributed by atoms with Gasteiger partial charge in [0.1, 0.15) is 11.6 Å². The highest BCUT2D eigenvalue weighted by Gasteiger charge is 2.25. The second-order valence-electron chi connectivity index (χ2n) is 5.43. The van der Waals surface area contributed by atoms with Gasteiger partial charge in [-0.3, -0.25) is 14.4 Å². The fourth-order valence-electron chi connectivity index (χ4n) is 2.51. The van der Waals surface area contributed by atoms with Gasteiger partial charge in [-0.1, -0.05) is 6.07 Å². The minimum absolute atomic E-state index is 0.0820. The lowest BCUT2D eigenvalue weighted by atomic mass is 10.1. The lowest BCUT2D eigenvalue weighted by Gasteiger charge is -2.22.